The Labute approximate surface area is 204 Å². The van der Waals surface area contributed by atoms with Crippen molar-refractivity contribution in [1.29, 1.82) is 0 Å². The summed E-state index contributed by atoms with van der Waals surface area (Å²) < 4.78 is 15.7. The molecule has 1 fully saturated rings. The highest BCUT2D eigenvalue weighted by atomic mass is 16.5. The van der Waals surface area contributed by atoms with Crippen LogP contribution in [0.4, 0.5) is 17.1 Å². The summed E-state index contributed by atoms with van der Waals surface area (Å²) in [4.78, 5) is 30.0. The minimum atomic E-state index is -0.376. The summed E-state index contributed by atoms with van der Waals surface area (Å²) in [6.45, 7) is 3.82. The van der Waals surface area contributed by atoms with Crippen LogP contribution in [0.1, 0.15) is 20.9 Å². The number of ether oxygens (including phenoxy) is 2. The monoisotopic (exact) mass is 478 g/mol. The maximum absolute atomic E-state index is 13.1. The van der Waals surface area contributed by atoms with E-state index in [0.29, 0.717) is 24.4 Å². The molecule has 35 heavy (non-hydrogen) atoms. The summed E-state index contributed by atoms with van der Waals surface area (Å²) in [5, 5.41) is 5.69. The number of nitrogens with one attached hydrogen (secondary N) is 2. The quantitative estimate of drug-likeness (QED) is 0.456. The molecule has 0 aliphatic carbocycles. The van der Waals surface area contributed by atoms with Crippen molar-refractivity contribution in [2.24, 2.45) is 0 Å². The molecule has 3 aromatic rings. The minimum Gasteiger partial charge on any atom is -0.495 e. The van der Waals surface area contributed by atoms with E-state index >= 15 is 0 Å². The van der Waals surface area contributed by atoms with Crippen LogP contribution in [-0.2, 0) is 4.74 Å². The van der Waals surface area contributed by atoms with Crippen molar-refractivity contribution in [3.63, 3.8) is 0 Å². The molecule has 0 unspecified atom stereocenters. The van der Waals surface area contributed by atoms with Gasteiger partial charge in [-0.2, -0.15) is 0 Å². The topological polar surface area (TPSA) is 96.3 Å². The normalized spacial score (nSPS) is 13.4. The first-order valence-corrected chi connectivity index (χ1v) is 11.5. The van der Waals surface area contributed by atoms with Gasteiger partial charge in [0, 0.05) is 51.2 Å². The van der Waals surface area contributed by atoms with Crippen molar-refractivity contribution >= 4 is 28.9 Å². The lowest BCUT2D eigenvalue weighted by Gasteiger charge is -2.38. The molecule has 0 spiro atoms. The lowest BCUT2D eigenvalue weighted by molar-refractivity contribution is 0.0936. The second kappa shape index (κ2) is 11.4. The fourth-order valence-corrected chi connectivity index (χ4v) is 4.11. The molecule has 9 nitrogen and oxygen atoms in total. The highest BCUT2D eigenvalue weighted by Crippen LogP contribution is 2.31. The lowest BCUT2D eigenvalue weighted by Crippen LogP contribution is -2.47. The summed E-state index contributed by atoms with van der Waals surface area (Å²) >= 11 is 0. The first-order valence-electron chi connectivity index (χ1n) is 11.5. The average Bonchev–Trinajstić information content (AvgIpc) is 3.44. The van der Waals surface area contributed by atoms with Crippen LogP contribution in [-0.4, -0.2) is 65.4 Å². The standard InChI is InChI=1S/C26H30N4O5/c1-33-17-11-27-25(31)20-18-19(28-26(32)24-8-5-16-35-24)9-10-21(20)29-12-14-30(15-13-29)22-6-3-4-7-23(22)34-2/h3-10,16,18H,11-15,17H2,1-2H3,(H,27,31)(H,28,32). The number of amides is 2. The molecule has 184 valence electrons. The minimum absolute atomic E-state index is 0.202. The van der Waals surface area contributed by atoms with Crippen LogP contribution in [0.5, 0.6) is 5.75 Å². The zero-order valence-electron chi connectivity index (χ0n) is 20.0. The highest BCUT2D eigenvalue weighted by Gasteiger charge is 2.24. The molecule has 9 heteroatoms. The van der Waals surface area contributed by atoms with Gasteiger partial charge in [-0.05, 0) is 42.5 Å². The molecule has 1 aliphatic rings. The van der Waals surface area contributed by atoms with Crippen molar-refractivity contribution in [2.45, 2.75) is 0 Å². The zero-order chi connectivity index (χ0) is 24.6. The van der Waals surface area contributed by atoms with E-state index in [1.165, 1.54) is 6.26 Å². The van der Waals surface area contributed by atoms with Gasteiger partial charge in [-0.1, -0.05) is 12.1 Å². The van der Waals surface area contributed by atoms with Crippen LogP contribution in [0.25, 0.3) is 0 Å². The molecule has 2 N–H and O–H groups in total. The van der Waals surface area contributed by atoms with Crippen molar-refractivity contribution in [3.8, 4) is 5.75 Å². The van der Waals surface area contributed by atoms with Gasteiger partial charge in [-0.15, -0.1) is 0 Å². The molecule has 0 saturated carbocycles. The summed E-state index contributed by atoms with van der Waals surface area (Å²) in [6, 6.07) is 16.6. The van der Waals surface area contributed by atoms with Gasteiger partial charge in [0.25, 0.3) is 11.8 Å². The number of rotatable bonds is 9. The van der Waals surface area contributed by atoms with E-state index in [1.807, 2.05) is 24.3 Å². The van der Waals surface area contributed by atoms with Gasteiger partial charge >= 0.3 is 0 Å². The Morgan fingerprint density at radius 2 is 1.66 bits per heavy atom. The fraction of sp³-hybridized carbons (Fsp3) is 0.308. The smallest absolute Gasteiger partial charge is 0.291 e. The first kappa shape index (κ1) is 24.2. The van der Waals surface area contributed by atoms with E-state index < -0.39 is 0 Å². The van der Waals surface area contributed by atoms with Crippen molar-refractivity contribution < 1.29 is 23.5 Å². The van der Waals surface area contributed by atoms with Crippen LogP contribution in [0, 0.1) is 0 Å². The van der Waals surface area contributed by atoms with E-state index in [-0.39, 0.29) is 17.6 Å². The SMILES string of the molecule is COCCNC(=O)c1cc(NC(=O)c2ccco2)ccc1N1CCN(c2ccccc2OC)CC1. The Bertz CT molecular complexity index is 1140. The fourth-order valence-electron chi connectivity index (χ4n) is 4.11. The molecule has 0 bridgehead atoms. The molecule has 2 amide bonds. The Kier molecular flexibility index (Phi) is 7.89. The molecule has 1 saturated heterocycles. The number of nitrogens with zero attached hydrogens (tertiary/aromatic N) is 2. The van der Waals surface area contributed by atoms with Crippen molar-refractivity contribution in [2.75, 3.05) is 68.7 Å². The number of hydrogen-bond donors (Lipinski definition) is 2. The van der Waals surface area contributed by atoms with Gasteiger partial charge < -0.3 is 34.3 Å². The lowest BCUT2D eigenvalue weighted by atomic mass is 10.1. The summed E-state index contributed by atoms with van der Waals surface area (Å²) in [6.07, 6.45) is 1.44. The number of benzene rings is 2. The van der Waals surface area contributed by atoms with Crippen LogP contribution in [0.15, 0.2) is 65.3 Å². The molecular formula is C26H30N4O5. The van der Waals surface area contributed by atoms with Gasteiger partial charge in [0.2, 0.25) is 0 Å². The van der Waals surface area contributed by atoms with E-state index in [4.69, 9.17) is 13.9 Å². The largest absolute Gasteiger partial charge is 0.495 e. The number of carbonyl (C=O) groups excluding carboxylic acids is 2. The predicted octanol–water partition coefficient (Wildman–Crippen LogP) is 3.24. The van der Waals surface area contributed by atoms with Gasteiger partial charge in [0.1, 0.15) is 5.75 Å². The molecule has 1 aromatic heterocycles. The zero-order valence-corrected chi connectivity index (χ0v) is 20.0. The number of anilines is 3. The maximum Gasteiger partial charge on any atom is 0.291 e. The first-order chi connectivity index (χ1) is 17.1. The molecule has 0 atom stereocenters. The highest BCUT2D eigenvalue weighted by molar-refractivity contribution is 6.05. The van der Waals surface area contributed by atoms with E-state index in [9.17, 15) is 9.59 Å². The van der Waals surface area contributed by atoms with Crippen LogP contribution in [0.2, 0.25) is 0 Å². The summed E-state index contributed by atoms with van der Waals surface area (Å²) in [5.41, 5.74) is 2.88. The Morgan fingerprint density at radius 3 is 2.34 bits per heavy atom. The van der Waals surface area contributed by atoms with Gasteiger partial charge in [-0.3, -0.25) is 9.59 Å². The second-order valence-corrected chi connectivity index (χ2v) is 8.06. The Balaban J connectivity index is 1.52. The van der Waals surface area contributed by atoms with Crippen LogP contribution in [0.3, 0.4) is 0 Å². The number of hydrogen-bond acceptors (Lipinski definition) is 7. The number of furan rings is 1. The maximum atomic E-state index is 13.1. The predicted molar refractivity (Wildman–Crippen MR) is 135 cm³/mol. The van der Waals surface area contributed by atoms with Gasteiger partial charge in [0.15, 0.2) is 5.76 Å². The van der Waals surface area contributed by atoms with E-state index in [0.717, 1.165) is 43.3 Å². The van der Waals surface area contributed by atoms with Crippen molar-refractivity contribution in [3.05, 3.63) is 72.2 Å². The number of piperazine rings is 1. The molecule has 4 rings (SSSR count). The average molecular weight is 479 g/mol. The second-order valence-electron chi connectivity index (χ2n) is 8.06. The van der Waals surface area contributed by atoms with E-state index in [1.54, 1.807) is 38.5 Å². The van der Waals surface area contributed by atoms with Crippen LogP contribution >= 0.6 is 0 Å². The molecular weight excluding hydrogens is 448 g/mol. The molecule has 0 radical (unpaired) electrons. The van der Waals surface area contributed by atoms with Crippen LogP contribution < -0.4 is 25.2 Å². The summed E-state index contributed by atoms with van der Waals surface area (Å²) in [5.74, 6) is 0.445. The van der Waals surface area contributed by atoms with Crippen molar-refractivity contribution in [1.82, 2.24) is 5.32 Å². The Hall–Kier alpha value is -3.98. The third kappa shape index (κ3) is 5.75. The summed E-state index contributed by atoms with van der Waals surface area (Å²) in [7, 11) is 3.26. The third-order valence-electron chi connectivity index (χ3n) is 5.88. The number of carbonyl (C=O) groups is 2. The third-order valence-corrected chi connectivity index (χ3v) is 5.88. The van der Waals surface area contributed by atoms with E-state index in [2.05, 4.69) is 26.5 Å². The molecule has 2 heterocycles. The van der Waals surface area contributed by atoms with Gasteiger partial charge in [0.05, 0.1) is 31.2 Å². The molecule has 1 aliphatic heterocycles. The Morgan fingerprint density at radius 1 is 0.914 bits per heavy atom. The van der Waals surface area contributed by atoms with Gasteiger partial charge in [-0.25, -0.2) is 0 Å². The number of methoxy groups -OCH3 is 2. The number of para-hydroxylation sites is 2. The molecule has 2 aromatic carbocycles.